The second-order valence-electron chi connectivity index (χ2n) is 8.52. The van der Waals surface area contributed by atoms with Crippen molar-refractivity contribution in [2.45, 2.75) is 62.9 Å². The highest BCUT2D eigenvalue weighted by molar-refractivity contribution is 8.19. The molecular weight excluding hydrogens is 434 g/mol. The number of fused-ring (bicyclic) bond motifs is 1. The number of benzene rings is 2. The molecule has 2 heterocycles. The molecule has 6 heteroatoms. The van der Waals surface area contributed by atoms with Gasteiger partial charge in [0.05, 0.1) is 11.7 Å². The van der Waals surface area contributed by atoms with E-state index in [1.54, 1.807) is 23.5 Å². The largest absolute Gasteiger partial charge is 0.334 e. The van der Waals surface area contributed by atoms with Gasteiger partial charge >= 0.3 is 0 Å². The minimum atomic E-state index is 0.0117. The van der Waals surface area contributed by atoms with Gasteiger partial charge < -0.3 is 4.90 Å². The Morgan fingerprint density at radius 3 is 2.47 bits per heavy atom. The highest BCUT2D eigenvalue weighted by Crippen LogP contribution is 2.51. The predicted molar refractivity (Wildman–Crippen MR) is 136 cm³/mol. The van der Waals surface area contributed by atoms with E-state index in [2.05, 4.69) is 67.3 Å². The first-order chi connectivity index (χ1) is 15.7. The van der Waals surface area contributed by atoms with E-state index in [-0.39, 0.29) is 18.0 Å². The van der Waals surface area contributed by atoms with Crippen molar-refractivity contribution >= 4 is 40.3 Å². The molecule has 4 nitrogen and oxygen atoms in total. The van der Waals surface area contributed by atoms with Crippen LogP contribution in [0.5, 0.6) is 0 Å². The fraction of sp³-hybridized carbons (Fsp3) is 0.385. The lowest BCUT2D eigenvalue weighted by Crippen LogP contribution is -2.41. The molecule has 0 bridgehead atoms. The highest BCUT2D eigenvalue weighted by Gasteiger charge is 2.43. The van der Waals surface area contributed by atoms with Gasteiger partial charge in [-0.05, 0) is 56.1 Å². The van der Waals surface area contributed by atoms with E-state index in [0.29, 0.717) is 0 Å². The maximum atomic E-state index is 13.9. The van der Waals surface area contributed by atoms with E-state index >= 15 is 0 Å². The van der Waals surface area contributed by atoms with Gasteiger partial charge in [0, 0.05) is 17.5 Å². The number of carbonyl (C=O) groups excluding carboxylic acids is 1. The maximum Gasteiger partial charge on any atom is 0.269 e. The second kappa shape index (κ2) is 9.36. The van der Waals surface area contributed by atoms with Gasteiger partial charge in [0.15, 0.2) is 5.17 Å². The summed E-state index contributed by atoms with van der Waals surface area (Å²) in [5.74, 6) is 0.134. The average Bonchev–Trinajstić information content (AvgIpc) is 3.37. The van der Waals surface area contributed by atoms with Gasteiger partial charge in [-0.15, -0.1) is 0 Å². The van der Waals surface area contributed by atoms with Crippen molar-refractivity contribution in [3.05, 3.63) is 70.1 Å². The zero-order chi connectivity index (χ0) is 22.1. The summed E-state index contributed by atoms with van der Waals surface area (Å²) in [5, 5.41) is 1.93. The monoisotopic (exact) mass is 463 g/mol. The Kier molecular flexibility index (Phi) is 6.33. The standard InChI is InChI=1S/C26H29N3OS2/c1-3-28-21-16-10-11-17-22(21)31-25(28)23-24(30)29(20-14-8-5-9-15-20)26(32-23)27-18(2)19-12-6-4-7-13-19/h4,6-7,10-13,16-18,20H,3,5,8-9,14-15H2,1-2H3. The zero-order valence-electron chi connectivity index (χ0n) is 18.7. The first kappa shape index (κ1) is 21.7. The number of hydrogen-bond donors (Lipinski definition) is 0. The van der Waals surface area contributed by atoms with E-state index in [9.17, 15) is 4.79 Å². The quantitative estimate of drug-likeness (QED) is 0.467. The molecular formula is C26H29N3OS2. The molecule has 5 rings (SSSR count). The molecule has 1 saturated heterocycles. The SMILES string of the molecule is CCN1C(=C2SC(=NC(C)c3ccccc3)N(C3CCCCC3)C2=O)Sc2ccccc21. The summed E-state index contributed by atoms with van der Waals surface area (Å²) in [5.41, 5.74) is 2.37. The van der Waals surface area contributed by atoms with Gasteiger partial charge in [-0.3, -0.25) is 14.7 Å². The lowest BCUT2D eigenvalue weighted by Gasteiger charge is -2.30. The Morgan fingerprint density at radius 2 is 1.72 bits per heavy atom. The van der Waals surface area contributed by atoms with E-state index in [1.165, 1.54) is 35.4 Å². The van der Waals surface area contributed by atoms with Crippen LogP contribution in [0.3, 0.4) is 0 Å². The Balaban J connectivity index is 1.54. The summed E-state index contributed by atoms with van der Waals surface area (Å²) in [4.78, 5) is 25.3. The molecule has 3 aliphatic rings. The number of hydrogen-bond acceptors (Lipinski definition) is 5. The van der Waals surface area contributed by atoms with Crippen LogP contribution in [0.25, 0.3) is 0 Å². The van der Waals surface area contributed by atoms with Gasteiger partial charge in [-0.25, -0.2) is 0 Å². The van der Waals surface area contributed by atoms with Crippen molar-refractivity contribution in [3.63, 3.8) is 0 Å². The molecule has 1 saturated carbocycles. The van der Waals surface area contributed by atoms with Crippen LogP contribution in [0, 0.1) is 0 Å². The Morgan fingerprint density at radius 1 is 1.00 bits per heavy atom. The topological polar surface area (TPSA) is 35.9 Å². The number of anilines is 1. The smallest absolute Gasteiger partial charge is 0.269 e. The summed E-state index contributed by atoms with van der Waals surface area (Å²) in [6.07, 6.45) is 5.78. The van der Waals surface area contributed by atoms with Crippen LogP contribution in [0.4, 0.5) is 5.69 Å². The summed E-state index contributed by atoms with van der Waals surface area (Å²) in [7, 11) is 0. The fourth-order valence-electron chi connectivity index (χ4n) is 4.76. The van der Waals surface area contributed by atoms with E-state index < -0.39 is 0 Å². The van der Waals surface area contributed by atoms with Crippen LogP contribution in [0.15, 0.2) is 74.4 Å². The van der Waals surface area contributed by atoms with Gasteiger partial charge in [-0.1, -0.05) is 73.5 Å². The summed E-state index contributed by atoms with van der Waals surface area (Å²) >= 11 is 3.29. The third kappa shape index (κ3) is 3.99. The molecule has 166 valence electrons. The number of rotatable bonds is 4. The summed E-state index contributed by atoms with van der Waals surface area (Å²) in [6.45, 7) is 5.11. The first-order valence-electron chi connectivity index (χ1n) is 11.6. The molecule has 1 atom stereocenters. The van der Waals surface area contributed by atoms with Crippen molar-refractivity contribution in [2.75, 3.05) is 11.4 Å². The van der Waals surface area contributed by atoms with Gasteiger partial charge in [-0.2, -0.15) is 0 Å². The summed E-state index contributed by atoms with van der Waals surface area (Å²) < 4.78 is 0. The molecule has 1 amide bonds. The number of nitrogens with zero attached hydrogens (tertiary/aromatic N) is 3. The highest BCUT2D eigenvalue weighted by atomic mass is 32.2. The molecule has 0 aromatic heterocycles. The van der Waals surface area contributed by atoms with E-state index in [0.717, 1.165) is 34.5 Å². The minimum absolute atomic E-state index is 0.0117. The van der Waals surface area contributed by atoms with E-state index in [4.69, 9.17) is 4.99 Å². The van der Waals surface area contributed by atoms with Crippen molar-refractivity contribution in [3.8, 4) is 0 Å². The van der Waals surface area contributed by atoms with Gasteiger partial charge in [0.2, 0.25) is 0 Å². The lowest BCUT2D eigenvalue weighted by atomic mass is 9.94. The molecule has 1 aliphatic carbocycles. The molecule has 2 aromatic rings. The molecule has 2 aliphatic heterocycles. The maximum absolute atomic E-state index is 13.9. The molecule has 0 radical (unpaired) electrons. The van der Waals surface area contributed by atoms with Crippen molar-refractivity contribution in [1.29, 1.82) is 0 Å². The van der Waals surface area contributed by atoms with Gasteiger partial charge in [0.25, 0.3) is 5.91 Å². The number of amides is 1. The molecule has 2 fully saturated rings. The van der Waals surface area contributed by atoms with Crippen molar-refractivity contribution in [1.82, 2.24) is 4.90 Å². The Bertz CT molecular complexity index is 1060. The normalized spacial score (nSPS) is 23.8. The van der Waals surface area contributed by atoms with E-state index in [1.807, 2.05) is 11.0 Å². The Labute approximate surface area is 199 Å². The minimum Gasteiger partial charge on any atom is -0.334 e. The molecule has 32 heavy (non-hydrogen) atoms. The number of para-hydroxylation sites is 1. The Hall–Kier alpha value is -2.18. The number of aliphatic imine (C=N–C) groups is 1. The number of amidine groups is 1. The molecule has 1 unspecified atom stereocenters. The lowest BCUT2D eigenvalue weighted by molar-refractivity contribution is -0.124. The average molecular weight is 464 g/mol. The second-order valence-corrected chi connectivity index (χ2v) is 10.5. The zero-order valence-corrected chi connectivity index (χ0v) is 20.3. The van der Waals surface area contributed by atoms with Crippen molar-refractivity contribution < 1.29 is 4.79 Å². The molecule has 0 spiro atoms. The fourth-order valence-corrected chi connectivity index (χ4v) is 7.27. The number of carbonyl (C=O) groups is 1. The predicted octanol–water partition coefficient (Wildman–Crippen LogP) is 6.81. The van der Waals surface area contributed by atoms with Gasteiger partial charge in [0.1, 0.15) is 9.93 Å². The van der Waals surface area contributed by atoms with Crippen LogP contribution in [-0.2, 0) is 4.79 Å². The third-order valence-electron chi connectivity index (χ3n) is 6.46. The first-order valence-corrected chi connectivity index (χ1v) is 13.2. The van der Waals surface area contributed by atoms with Crippen LogP contribution >= 0.6 is 23.5 Å². The van der Waals surface area contributed by atoms with Crippen LogP contribution in [-0.4, -0.2) is 28.6 Å². The molecule has 0 N–H and O–H groups in total. The molecule has 2 aromatic carbocycles. The van der Waals surface area contributed by atoms with Crippen LogP contribution in [0.2, 0.25) is 0 Å². The number of thioether (sulfide) groups is 2. The van der Waals surface area contributed by atoms with Crippen molar-refractivity contribution in [2.24, 2.45) is 4.99 Å². The summed E-state index contributed by atoms with van der Waals surface area (Å²) in [6, 6.07) is 19.1. The third-order valence-corrected chi connectivity index (χ3v) is 8.83. The van der Waals surface area contributed by atoms with Crippen LogP contribution < -0.4 is 4.90 Å². The van der Waals surface area contributed by atoms with Crippen LogP contribution in [0.1, 0.15) is 57.6 Å².